The largest absolute Gasteiger partial charge is 0.450 e. The SMILES string of the molecule is Cn1c(Nc2cc(C3CC3)cn(C3CCC3)c2=O)nc2ncc(OC(=CN)c3cnccn3)c(Cl)c21. The van der Waals surface area contributed by atoms with E-state index in [2.05, 4.69) is 25.3 Å². The molecule has 0 atom stereocenters. The summed E-state index contributed by atoms with van der Waals surface area (Å²) in [6, 6.07) is 2.23. The molecule has 2 aliphatic rings. The van der Waals surface area contributed by atoms with Crippen LogP contribution in [0.2, 0.25) is 5.02 Å². The standard InChI is InChI=1S/C25H25ClN8O2/c1-33-22-21(26)20(36-19(10-27)18-11-28-7-8-29-18)12-30-23(22)32-25(33)31-17-9-15(14-5-6-14)13-34(24(17)35)16-3-2-4-16/h7-14,16H,2-6,27H2,1H3,(H,30,31,32). The van der Waals surface area contributed by atoms with Gasteiger partial charge in [-0.15, -0.1) is 0 Å². The van der Waals surface area contributed by atoms with Crippen molar-refractivity contribution < 1.29 is 4.74 Å². The van der Waals surface area contributed by atoms with E-state index in [1.807, 2.05) is 23.9 Å². The average Bonchev–Trinajstić information content (AvgIpc) is 3.65. The second-order valence-corrected chi connectivity index (χ2v) is 9.59. The van der Waals surface area contributed by atoms with Crippen LogP contribution >= 0.6 is 11.6 Å². The van der Waals surface area contributed by atoms with Crippen molar-refractivity contribution in [3.8, 4) is 5.75 Å². The van der Waals surface area contributed by atoms with Crippen molar-refractivity contribution >= 4 is 40.2 Å². The lowest BCUT2D eigenvalue weighted by Gasteiger charge is -2.28. The third kappa shape index (κ3) is 3.97. The summed E-state index contributed by atoms with van der Waals surface area (Å²) < 4.78 is 9.59. The second-order valence-electron chi connectivity index (χ2n) is 9.21. The van der Waals surface area contributed by atoms with Gasteiger partial charge in [-0.2, -0.15) is 4.98 Å². The van der Waals surface area contributed by atoms with Crippen LogP contribution in [0.3, 0.4) is 0 Å². The van der Waals surface area contributed by atoms with E-state index in [-0.39, 0.29) is 11.6 Å². The Hall–Kier alpha value is -3.92. The normalized spacial score (nSPS) is 16.2. The summed E-state index contributed by atoms with van der Waals surface area (Å²) in [6.07, 6.45) is 15.0. The Labute approximate surface area is 211 Å². The molecule has 2 saturated carbocycles. The first-order valence-electron chi connectivity index (χ1n) is 11.9. The highest BCUT2D eigenvalue weighted by Gasteiger charge is 2.28. The monoisotopic (exact) mass is 504 g/mol. The summed E-state index contributed by atoms with van der Waals surface area (Å²) in [4.78, 5) is 30.6. The van der Waals surface area contributed by atoms with Gasteiger partial charge in [0, 0.05) is 37.9 Å². The molecule has 0 spiro atoms. The molecule has 0 bridgehead atoms. The van der Waals surface area contributed by atoms with E-state index in [0.717, 1.165) is 32.1 Å². The number of nitrogens with one attached hydrogen (secondary N) is 1. The Morgan fingerprint density at radius 1 is 1.22 bits per heavy atom. The van der Waals surface area contributed by atoms with Crippen LogP contribution in [0.4, 0.5) is 11.6 Å². The Kier molecular flexibility index (Phi) is 5.60. The van der Waals surface area contributed by atoms with Gasteiger partial charge in [-0.05, 0) is 49.7 Å². The van der Waals surface area contributed by atoms with Crippen molar-refractivity contribution in [2.75, 3.05) is 5.32 Å². The number of rotatable bonds is 7. The molecule has 2 fully saturated rings. The van der Waals surface area contributed by atoms with Gasteiger partial charge in [0.25, 0.3) is 5.56 Å². The van der Waals surface area contributed by atoms with Crippen LogP contribution in [-0.2, 0) is 7.05 Å². The maximum atomic E-state index is 13.3. The van der Waals surface area contributed by atoms with Crippen LogP contribution in [0.15, 0.2) is 48.0 Å². The minimum absolute atomic E-state index is 0.0408. The summed E-state index contributed by atoms with van der Waals surface area (Å²) in [7, 11) is 1.81. The Morgan fingerprint density at radius 2 is 2.06 bits per heavy atom. The number of fused-ring (bicyclic) bond motifs is 1. The van der Waals surface area contributed by atoms with Gasteiger partial charge in [-0.25, -0.2) is 9.97 Å². The van der Waals surface area contributed by atoms with Crippen molar-refractivity contribution in [2.45, 2.75) is 44.1 Å². The molecule has 0 amide bonds. The number of imidazole rings is 1. The molecular formula is C25H25ClN8O2. The first-order chi connectivity index (χ1) is 17.5. The number of nitrogens with two attached hydrogens (primary N) is 1. The Balaban J connectivity index is 1.35. The lowest BCUT2D eigenvalue weighted by molar-refractivity contribution is 0.306. The summed E-state index contributed by atoms with van der Waals surface area (Å²) in [5, 5.41) is 3.56. The van der Waals surface area contributed by atoms with E-state index in [9.17, 15) is 4.79 Å². The van der Waals surface area contributed by atoms with E-state index in [1.165, 1.54) is 24.2 Å². The van der Waals surface area contributed by atoms with Crippen LogP contribution in [0.1, 0.15) is 55.3 Å². The fraction of sp³-hybridized carbons (Fsp3) is 0.320. The van der Waals surface area contributed by atoms with Crippen molar-refractivity contribution in [1.29, 1.82) is 0 Å². The fourth-order valence-corrected chi connectivity index (χ4v) is 4.72. The number of pyridine rings is 2. The minimum atomic E-state index is -0.0408. The summed E-state index contributed by atoms with van der Waals surface area (Å²) in [5.74, 6) is 1.57. The lowest BCUT2D eigenvalue weighted by Crippen LogP contribution is -2.30. The average molecular weight is 505 g/mol. The molecular weight excluding hydrogens is 480 g/mol. The quantitative estimate of drug-likeness (QED) is 0.357. The van der Waals surface area contributed by atoms with Gasteiger partial charge in [-0.1, -0.05) is 11.6 Å². The number of hydrogen-bond acceptors (Lipinski definition) is 8. The topological polar surface area (TPSA) is 126 Å². The zero-order valence-corrected chi connectivity index (χ0v) is 20.4. The number of hydrogen-bond donors (Lipinski definition) is 2. The number of halogens is 1. The van der Waals surface area contributed by atoms with E-state index < -0.39 is 0 Å². The predicted molar refractivity (Wildman–Crippen MR) is 137 cm³/mol. The Bertz CT molecular complexity index is 1540. The first kappa shape index (κ1) is 22.5. The second kappa shape index (κ2) is 8.94. The molecule has 184 valence electrons. The molecule has 36 heavy (non-hydrogen) atoms. The molecule has 10 nitrogen and oxygen atoms in total. The van der Waals surface area contributed by atoms with Crippen molar-refractivity contribution in [3.63, 3.8) is 0 Å². The highest BCUT2D eigenvalue weighted by Crippen LogP contribution is 2.42. The van der Waals surface area contributed by atoms with Gasteiger partial charge >= 0.3 is 0 Å². The molecule has 6 rings (SSSR count). The molecule has 0 unspecified atom stereocenters. The zero-order valence-electron chi connectivity index (χ0n) is 19.7. The number of aryl methyl sites for hydroxylation is 1. The number of nitrogens with zero attached hydrogens (tertiary/aromatic N) is 6. The molecule has 4 heterocycles. The zero-order chi connectivity index (χ0) is 24.8. The van der Waals surface area contributed by atoms with Crippen molar-refractivity contribution in [2.24, 2.45) is 12.8 Å². The third-order valence-electron chi connectivity index (χ3n) is 6.82. The summed E-state index contributed by atoms with van der Waals surface area (Å²) >= 11 is 6.73. The summed E-state index contributed by atoms with van der Waals surface area (Å²) in [5.41, 5.74) is 8.86. The minimum Gasteiger partial charge on any atom is -0.450 e. The number of ether oxygens (including phenoxy) is 1. The molecule has 4 aromatic rings. The van der Waals surface area contributed by atoms with Crippen LogP contribution in [0.25, 0.3) is 16.9 Å². The van der Waals surface area contributed by atoms with Gasteiger partial charge in [-0.3, -0.25) is 9.78 Å². The highest BCUT2D eigenvalue weighted by molar-refractivity contribution is 6.36. The molecule has 0 radical (unpaired) electrons. The maximum Gasteiger partial charge on any atom is 0.274 e. The number of anilines is 2. The molecule has 0 saturated heterocycles. The molecule has 0 aliphatic heterocycles. The first-order valence-corrected chi connectivity index (χ1v) is 12.3. The van der Waals surface area contributed by atoms with Crippen LogP contribution in [0, 0.1) is 0 Å². The van der Waals surface area contributed by atoms with Gasteiger partial charge in [0.05, 0.1) is 12.4 Å². The van der Waals surface area contributed by atoms with E-state index in [1.54, 1.807) is 17.0 Å². The Morgan fingerprint density at radius 3 is 2.72 bits per heavy atom. The van der Waals surface area contributed by atoms with Gasteiger partial charge < -0.3 is 24.9 Å². The maximum absolute atomic E-state index is 13.3. The van der Waals surface area contributed by atoms with E-state index >= 15 is 0 Å². The van der Waals surface area contributed by atoms with Crippen molar-refractivity contribution in [1.82, 2.24) is 29.1 Å². The molecule has 11 heteroatoms. The predicted octanol–water partition coefficient (Wildman–Crippen LogP) is 4.26. The van der Waals surface area contributed by atoms with Crippen LogP contribution in [-0.4, -0.2) is 29.1 Å². The molecule has 3 N–H and O–H groups in total. The van der Waals surface area contributed by atoms with Crippen LogP contribution in [0.5, 0.6) is 5.75 Å². The molecule has 0 aromatic carbocycles. The number of aromatic nitrogens is 6. The van der Waals surface area contributed by atoms with Gasteiger partial charge in [0.2, 0.25) is 5.95 Å². The van der Waals surface area contributed by atoms with Gasteiger partial charge in [0.1, 0.15) is 21.9 Å². The molecule has 4 aromatic heterocycles. The van der Waals surface area contributed by atoms with E-state index in [4.69, 9.17) is 22.1 Å². The van der Waals surface area contributed by atoms with Gasteiger partial charge in [0.15, 0.2) is 17.2 Å². The highest BCUT2D eigenvalue weighted by atomic mass is 35.5. The smallest absolute Gasteiger partial charge is 0.274 e. The van der Waals surface area contributed by atoms with Crippen LogP contribution < -0.4 is 21.3 Å². The van der Waals surface area contributed by atoms with Crippen molar-refractivity contribution in [3.05, 3.63) is 69.9 Å². The fourth-order valence-electron chi connectivity index (χ4n) is 4.42. The third-order valence-corrected chi connectivity index (χ3v) is 7.18. The summed E-state index contributed by atoms with van der Waals surface area (Å²) in [6.45, 7) is 0. The molecule has 2 aliphatic carbocycles. The lowest BCUT2D eigenvalue weighted by atomic mass is 9.92. The van der Waals surface area contributed by atoms with E-state index in [0.29, 0.717) is 50.9 Å².